The van der Waals surface area contributed by atoms with Crippen molar-refractivity contribution in [2.75, 3.05) is 13.7 Å². The number of carbonyl (C=O) groups is 2. The van der Waals surface area contributed by atoms with Crippen molar-refractivity contribution < 1.29 is 19.4 Å². The van der Waals surface area contributed by atoms with Crippen LogP contribution in [0.25, 0.3) is 0 Å². The molecule has 2 bridgehead atoms. The molecule has 2 saturated carbocycles. The van der Waals surface area contributed by atoms with E-state index in [0.29, 0.717) is 24.8 Å². The van der Waals surface area contributed by atoms with E-state index >= 15 is 0 Å². The number of carboxylic acid groups (broad SMARTS) is 1. The number of aliphatic carboxylic acids is 1. The molecular weight excluding hydrogens is 246 g/mol. The Hall–Kier alpha value is -1.10. The first-order valence-electron chi connectivity index (χ1n) is 7.16. The van der Waals surface area contributed by atoms with E-state index in [9.17, 15) is 14.7 Å². The van der Waals surface area contributed by atoms with E-state index in [0.717, 1.165) is 19.3 Å². The summed E-state index contributed by atoms with van der Waals surface area (Å²) in [5.74, 6) is 0.406. The second-order valence-corrected chi connectivity index (χ2v) is 6.22. The van der Waals surface area contributed by atoms with Gasteiger partial charge in [-0.25, -0.2) is 4.79 Å². The van der Waals surface area contributed by atoms with Gasteiger partial charge < -0.3 is 14.7 Å². The standard InChI is InChI=1S/C14H21NO4/c1-19-10-6-12(14(17)18)15(7-10)13(16)11-5-8-2-3-9(11)4-8/h8-12H,2-7H2,1H3,(H,17,18). The Kier molecular flexibility index (Phi) is 3.25. The second kappa shape index (κ2) is 4.78. The van der Waals surface area contributed by atoms with Crippen molar-refractivity contribution in [3.63, 3.8) is 0 Å². The SMILES string of the molecule is COC1CC(C(=O)O)N(C(=O)C2CC3CCC2C3)C1. The maximum atomic E-state index is 12.6. The van der Waals surface area contributed by atoms with Crippen molar-refractivity contribution in [3.05, 3.63) is 0 Å². The summed E-state index contributed by atoms with van der Waals surface area (Å²) in [5.41, 5.74) is 0. The summed E-state index contributed by atoms with van der Waals surface area (Å²) in [6.45, 7) is 0.431. The van der Waals surface area contributed by atoms with Gasteiger partial charge in [0.2, 0.25) is 5.91 Å². The van der Waals surface area contributed by atoms with E-state index in [-0.39, 0.29) is 17.9 Å². The van der Waals surface area contributed by atoms with Gasteiger partial charge in [0.25, 0.3) is 0 Å². The van der Waals surface area contributed by atoms with Crippen LogP contribution >= 0.6 is 0 Å². The van der Waals surface area contributed by atoms with Crippen LogP contribution in [0.3, 0.4) is 0 Å². The number of methoxy groups -OCH3 is 1. The van der Waals surface area contributed by atoms with Crippen LogP contribution in [0.15, 0.2) is 0 Å². The Morgan fingerprint density at radius 3 is 2.53 bits per heavy atom. The quantitative estimate of drug-likeness (QED) is 0.832. The smallest absolute Gasteiger partial charge is 0.326 e. The third kappa shape index (κ3) is 2.14. The lowest BCUT2D eigenvalue weighted by atomic mass is 9.87. The highest BCUT2D eigenvalue weighted by Gasteiger charge is 2.48. The van der Waals surface area contributed by atoms with Crippen LogP contribution in [0.4, 0.5) is 0 Å². The molecule has 5 nitrogen and oxygen atoms in total. The van der Waals surface area contributed by atoms with Gasteiger partial charge in [0, 0.05) is 26.0 Å². The molecule has 106 valence electrons. The first-order valence-corrected chi connectivity index (χ1v) is 7.16. The maximum absolute atomic E-state index is 12.6. The lowest BCUT2D eigenvalue weighted by Gasteiger charge is -2.28. The molecule has 3 rings (SSSR count). The van der Waals surface area contributed by atoms with Crippen molar-refractivity contribution >= 4 is 11.9 Å². The molecule has 2 aliphatic carbocycles. The molecule has 1 aliphatic heterocycles. The lowest BCUT2D eigenvalue weighted by molar-refractivity contribution is -0.150. The molecule has 1 saturated heterocycles. The third-order valence-electron chi connectivity index (χ3n) is 5.22. The lowest BCUT2D eigenvalue weighted by Crippen LogP contribution is -2.44. The average Bonchev–Trinajstić information content (AvgIpc) is 3.11. The van der Waals surface area contributed by atoms with E-state index in [1.807, 2.05) is 0 Å². The van der Waals surface area contributed by atoms with Gasteiger partial charge in [-0.15, -0.1) is 0 Å². The Morgan fingerprint density at radius 1 is 1.21 bits per heavy atom. The first-order chi connectivity index (χ1) is 9.10. The van der Waals surface area contributed by atoms with Crippen LogP contribution in [-0.4, -0.2) is 47.7 Å². The van der Waals surface area contributed by atoms with E-state index in [1.165, 1.54) is 6.42 Å². The molecule has 1 N–H and O–H groups in total. The zero-order valence-electron chi connectivity index (χ0n) is 11.2. The molecule has 3 fully saturated rings. The van der Waals surface area contributed by atoms with Crippen LogP contribution < -0.4 is 0 Å². The normalized spacial score (nSPS) is 40.9. The summed E-state index contributed by atoms with van der Waals surface area (Å²) in [4.78, 5) is 25.5. The zero-order chi connectivity index (χ0) is 13.6. The molecule has 3 aliphatic rings. The van der Waals surface area contributed by atoms with Gasteiger partial charge >= 0.3 is 5.97 Å². The second-order valence-electron chi connectivity index (χ2n) is 6.22. The highest BCUT2D eigenvalue weighted by Crippen LogP contribution is 2.49. The van der Waals surface area contributed by atoms with Gasteiger partial charge in [-0.05, 0) is 31.1 Å². The monoisotopic (exact) mass is 267 g/mol. The van der Waals surface area contributed by atoms with Crippen LogP contribution in [0, 0.1) is 17.8 Å². The number of rotatable bonds is 3. The molecular formula is C14H21NO4. The highest BCUT2D eigenvalue weighted by atomic mass is 16.5. The van der Waals surface area contributed by atoms with E-state index in [4.69, 9.17) is 4.74 Å². The fourth-order valence-corrected chi connectivity index (χ4v) is 4.21. The molecule has 0 radical (unpaired) electrons. The fraction of sp³-hybridized carbons (Fsp3) is 0.857. The van der Waals surface area contributed by atoms with Gasteiger partial charge in [-0.1, -0.05) is 6.42 Å². The minimum atomic E-state index is -0.906. The minimum absolute atomic E-state index is 0.0548. The average molecular weight is 267 g/mol. The van der Waals surface area contributed by atoms with Gasteiger partial charge in [0.05, 0.1) is 6.10 Å². The zero-order valence-corrected chi connectivity index (χ0v) is 11.2. The number of carboxylic acids is 1. The Balaban J connectivity index is 1.73. The number of likely N-dealkylation sites (tertiary alicyclic amines) is 1. The Morgan fingerprint density at radius 2 is 2.00 bits per heavy atom. The van der Waals surface area contributed by atoms with Gasteiger partial charge in [0.1, 0.15) is 6.04 Å². The number of fused-ring (bicyclic) bond motifs is 2. The fourth-order valence-electron chi connectivity index (χ4n) is 4.21. The number of ether oxygens (including phenoxy) is 1. The molecule has 1 amide bonds. The minimum Gasteiger partial charge on any atom is -0.480 e. The number of amides is 1. The van der Waals surface area contributed by atoms with Crippen LogP contribution in [-0.2, 0) is 14.3 Å². The summed E-state index contributed by atoms with van der Waals surface area (Å²) in [6, 6.07) is -0.698. The maximum Gasteiger partial charge on any atom is 0.326 e. The van der Waals surface area contributed by atoms with Gasteiger partial charge in [-0.2, -0.15) is 0 Å². The number of hydrogen-bond acceptors (Lipinski definition) is 3. The van der Waals surface area contributed by atoms with Crippen molar-refractivity contribution in [1.82, 2.24) is 4.90 Å². The van der Waals surface area contributed by atoms with Crippen molar-refractivity contribution in [3.8, 4) is 0 Å². The first kappa shape index (κ1) is 12.9. The summed E-state index contributed by atoms with van der Waals surface area (Å²) in [6.07, 6.45) is 4.79. The predicted octanol–water partition coefficient (Wildman–Crippen LogP) is 1.12. The Bertz CT molecular complexity index is 397. The molecule has 19 heavy (non-hydrogen) atoms. The summed E-state index contributed by atoms with van der Waals surface area (Å²) in [5, 5.41) is 9.27. The Labute approximate surface area is 112 Å². The molecule has 0 aromatic heterocycles. The predicted molar refractivity (Wildman–Crippen MR) is 67.5 cm³/mol. The summed E-state index contributed by atoms with van der Waals surface area (Å²) in [7, 11) is 1.58. The molecule has 5 unspecified atom stereocenters. The molecule has 1 heterocycles. The summed E-state index contributed by atoms with van der Waals surface area (Å²) < 4.78 is 5.24. The van der Waals surface area contributed by atoms with Crippen LogP contribution in [0.1, 0.15) is 32.1 Å². The topological polar surface area (TPSA) is 66.8 Å². The van der Waals surface area contributed by atoms with Gasteiger partial charge in [0.15, 0.2) is 0 Å². The summed E-state index contributed by atoms with van der Waals surface area (Å²) >= 11 is 0. The van der Waals surface area contributed by atoms with Crippen molar-refractivity contribution in [2.45, 2.75) is 44.2 Å². The van der Waals surface area contributed by atoms with E-state index in [1.54, 1.807) is 12.0 Å². The largest absolute Gasteiger partial charge is 0.480 e. The third-order valence-corrected chi connectivity index (χ3v) is 5.22. The molecule has 5 atom stereocenters. The highest BCUT2D eigenvalue weighted by molar-refractivity contribution is 5.86. The number of hydrogen-bond donors (Lipinski definition) is 1. The number of carbonyl (C=O) groups excluding carboxylic acids is 1. The van der Waals surface area contributed by atoms with Crippen LogP contribution in [0.5, 0.6) is 0 Å². The van der Waals surface area contributed by atoms with E-state index in [2.05, 4.69) is 0 Å². The van der Waals surface area contributed by atoms with Crippen LogP contribution in [0.2, 0.25) is 0 Å². The number of nitrogens with zero attached hydrogens (tertiary/aromatic N) is 1. The van der Waals surface area contributed by atoms with Crippen molar-refractivity contribution in [1.29, 1.82) is 0 Å². The molecule has 0 spiro atoms. The van der Waals surface area contributed by atoms with Gasteiger partial charge in [-0.3, -0.25) is 4.79 Å². The van der Waals surface area contributed by atoms with Crippen molar-refractivity contribution in [2.24, 2.45) is 17.8 Å². The molecule has 0 aromatic rings. The molecule has 0 aromatic carbocycles. The molecule has 5 heteroatoms. The van der Waals surface area contributed by atoms with E-state index < -0.39 is 12.0 Å².